The van der Waals surface area contributed by atoms with E-state index in [1.165, 1.54) is 18.2 Å². The fourth-order valence-electron chi connectivity index (χ4n) is 4.00. The average molecular weight is 469 g/mol. The molecule has 0 aliphatic carbocycles. The third kappa shape index (κ3) is 5.18. The van der Waals surface area contributed by atoms with Gasteiger partial charge in [-0.2, -0.15) is 4.39 Å². The van der Waals surface area contributed by atoms with Crippen LogP contribution >= 0.6 is 0 Å². The molecule has 34 heavy (non-hydrogen) atoms. The summed E-state index contributed by atoms with van der Waals surface area (Å²) in [6.07, 6.45) is 2.96. The van der Waals surface area contributed by atoms with Gasteiger partial charge in [0.1, 0.15) is 5.82 Å². The Balaban J connectivity index is 1.48. The third-order valence-corrected chi connectivity index (χ3v) is 5.88. The smallest absolute Gasteiger partial charge is 0.201 e. The summed E-state index contributed by atoms with van der Waals surface area (Å²) >= 11 is 0. The van der Waals surface area contributed by atoms with E-state index in [1.54, 1.807) is 43.3 Å². The van der Waals surface area contributed by atoms with Crippen LogP contribution in [0.2, 0.25) is 0 Å². The van der Waals surface area contributed by atoms with Gasteiger partial charge in [0.05, 0.1) is 19.8 Å². The summed E-state index contributed by atoms with van der Waals surface area (Å²) in [4.78, 5) is 0. The number of halogens is 3. The number of hydrogen-bond donors (Lipinski definition) is 0. The minimum Gasteiger partial charge on any atom is -0.491 e. The van der Waals surface area contributed by atoms with Crippen LogP contribution in [0.1, 0.15) is 31.6 Å². The van der Waals surface area contributed by atoms with Crippen molar-refractivity contribution in [3.05, 3.63) is 90.3 Å². The lowest BCUT2D eigenvalue weighted by Crippen LogP contribution is -2.27. The van der Waals surface area contributed by atoms with Crippen molar-refractivity contribution in [1.82, 2.24) is 0 Å². The largest absolute Gasteiger partial charge is 0.491 e. The van der Waals surface area contributed by atoms with E-state index < -0.39 is 23.7 Å². The second kappa shape index (κ2) is 10.9. The Morgan fingerprint density at radius 1 is 0.912 bits per heavy atom. The van der Waals surface area contributed by atoms with Crippen molar-refractivity contribution in [3.63, 3.8) is 0 Å². The maximum absolute atomic E-state index is 14.9. The Bertz CT molecular complexity index is 1140. The number of benzene rings is 3. The molecule has 1 aliphatic heterocycles. The molecule has 0 aromatic heterocycles. The molecule has 1 heterocycles. The highest BCUT2D eigenvalue weighted by Gasteiger charge is 2.25. The predicted octanol–water partition coefficient (Wildman–Crippen LogP) is 7.46. The highest BCUT2D eigenvalue weighted by atomic mass is 19.2. The normalized spacial score (nSPS) is 18.0. The van der Waals surface area contributed by atoms with Crippen molar-refractivity contribution in [3.8, 4) is 28.0 Å². The van der Waals surface area contributed by atoms with Gasteiger partial charge in [-0.15, -0.1) is 6.58 Å². The molecule has 1 aliphatic rings. The van der Waals surface area contributed by atoms with E-state index in [0.29, 0.717) is 29.9 Å². The molecular weight excluding hydrogens is 441 g/mol. The van der Waals surface area contributed by atoms with Crippen molar-refractivity contribution < 1.29 is 27.4 Å². The summed E-state index contributed by atoms with van der Waals surface area (Å²) in [6, 6.07) is 14.6. The van der Waals surface area contributed by atoms with Crippen LogP contribution in [0.25, 0.3) is 22.3 Å². The van der Waals surface area contributed by atoms with Crippen molar-refractivity contribution in [2.75, 3.05) is 19.8 Å². The van der Waals surface area contributed by atoms with Gasteiger partial charge < -0.3 is 14.2 Å². The van der Waals surface area contributed by atoms with Gasteiger partial charge in [0.15, 0.2) is 17.9 Å². The lowest BCUT2D eigenvalue weighted by molar-refractivity contribution is -0.207. The zero-order valence-electron chi connectivity index (χ0n) is 19.0. The van der Waals surface area contributed by atoms with Crippen molar-refractivity contribution in [2.45, 2.75) is 26.1 Å². The first-order valence-electron chi connectivity index (χ1n) is 11.4. The van der Waals surface area contributed by atoms with Crippen LogP contribution in [0.3, 0.4) is 0 Å². The quantitative estimate of drug-likeness (QED) is 0.321. The summed E-state index contributed by atoms with van der Waals surface area (Å²) in [6.45, 7) is 6.71. The van der Waals surface area contributed by atoms with Crippen LogP contribution in [-0.4, -0.2) is 19.8 Å². The van der Waals surface area contributed by atoms with E-state index in [4.69, 9.17) is 14.2 Å². The Kier molecular flexibility index (Phi) is 7.70. The minimum absolute atomic E-state index is 0.117. The second-order valence-electron chi connectivity index (χ2n) is 8.22. The maximum Gasteiger partial charge on any atom is 0.201 e. The molecule has 178 valence electrons. The molecule has 0 N–H and O–H groups in total. The molecule has 0 amide bonds. The highest BCUT2D eigenvalue weighted by Crippen LogP contribution is 2.33. The molecule has 6 heteroatoms. The van der Waals surface area contributed by atoms with Crippen LogP contribution in [0.15, 0.2) is 67.3 Å². The second-order valence-corrected chi connectivity index (χ2v) is 8.22. The van der Waals surface area contributed by atoms with Crippen molar-refractivity contribution in [1.29, 1.82) is 0 Å². The van der Waals surface area contributed by atoms with Crippen molar-refractivity contribution >= 4 is 0 Å². The lowest BCUT2D eigenvalue weighted by Gasteiger charge is -2.29. The number of ether oxygens (including phenoxy) is 3. The lowest BCUT2D eigenvalue weighted by atomic mass is 9.98. The van der Waals surface area contributed by atoms with Crippen LogP contribution in [0.5, 0.6) is 5.75 Å². The Morgan fingerprint density at radius 3 is 2.24 bits per heavy atom. The molecular formula is C28H27F3O3. The van der Waals surface area contributed by atoms with Gasteiger partial charge in [-0.1, -0.05) is 42.5 Å². The van der Waals surface area contributed by atoms with Crippen LogP contribution in [-0.2, 0) is 9.47 Å². The number of hydrogen-bond acceptors (Lipinski definition) is 3. The van der Waals surface area contributed by atoms with E-state index in [1.807, 2.05) is 6.08 Å². The minimum atomic E-state index is -1.01. The molecule has 1 saturated heterocycles. The molecule has 0 unspecified atom stereocenters. The molecule has 0 saturated carbocycles. The zero-order chi connectivity index (χ0) is 24.1. The molecule has 0 spiro atoms. The standard InChI is InChI=1S/C28H27F3O3/c1-3-5-6-18-16-33-28(34-17-18)23-12-11-21(15-24(23)29)19-7-9-20(10-8-19)22-13-14-25(32-4-2)27(31)26(22)30/h3,7-15,18,28H,1,4-6,16-17H2,2H3. The van der Waals surface area contributed by atoms with Gasteiger partial charge in [0, 0.05) is 17.0 Å². The third-order valence-electron chi connectivity index (χ3n) is 5.88. The summed E-state index contributed by atoms with van der Waals surface area (Å²) in [5, 5.41) is 0. The van der Waals surface area contributed by atoms with Gasteiger partial charge in [-0.05, 0) is 54.7 Å². The molecule has 4 rings (SSSR count). The van der Waals surface area contributed by atoms with Gasteiger partial charge in [0.2, 0.25) is 5.82 Å². The topological polar surface area (TPSA) is 27.7 Å². The monoisotopic (exact) mass is 468 g/mol. The van der Waals surface area contributed by atoms with E-state index >= 15 is 0 Å². The van der Waals surface area contributed by atoms with E-state index in [-0.39, 0.29) is 23.8 Å². The van der Waals surface area contributed by atoms with Gasteiger partial charge in [-0.25, -0.2) is 8.78 Å². The molecule has 1 fully saturated rings. The van der Waals surface area contributed by atoms with E-state index in [9.17, 15) is 13.2 Å². The molecule has 0 radical (unpaired) electrons. The molecule has 3 aromatic rings. The van der Waals surface area contributed by atoms with Crippen LogP contribution in [0.4, 0.5) is 13.2 Å². The van der Waals surface area contributed by atoms with Crippen LogP contribution in [0, 0.1) is 23.4 Å². The fourth-order valence-corrected chi connectivity index (χ4v) is 4.00. The van der Waals surface area contributed by atoms with Gasteiger partial charge in [-0.3, -0.25) is 0 Å². The van der Waals surface area contributed by atoms with E-state index in [0.717, 1.165) is 18.4 Å². The molecule has 3 nitrogen and oxygen atoms in total. The first kappa shape index (κ1) is 24.0. The van der Waals surface area contributed by atoms with Gasteiger partial charge >= 0.3 is 0 Å². The molecule has 0 bridgehead atoms. The Morgan fingerprint density at radius 2 is 1.59 bits per heavy atom. The maximum atomic E-state index is 14.9. The average Bonchev–Trinajstić information content (AvgIpc) is 2.86. The first-order valence-corrected chi connectivity index (χ1v) is 11.4. The summed E-state index contributed by atoms with van der Waals surface area (Å²) in [5.41, 5.74) is 2.40. The fraction of sp³-hybridized carbons (Fsp3) is 0.286. The summed E-state index contributed by atoms with van der Waals surface area (Å²) in [5.74, 6) is -2.23. The SMILES string of the molecule is C=CCCC1COC(c2ccc(-c3ccc(-c4ccc(OCC)c(F)c4F)cc3)cc2F)OC1. The number of rotatable bonds is 8. The highest BCUT2D eigenvalue weighted by molar-refractivity contribution is 5.71. The zero-order valence-corrected chi connectivity index (χ0v) is 19.0. The summed E-state index contributed by atoms with van der Waals surface area (Å²) < 4.78 is 60.2. The van der Waals surface area contributed by atoms with E-state index in [2.05, 4.69) is 6.58 Å². The van der Waals surface area contributed by atoms with Crippen molar-refractivity contribution in [2.24, 2.45) is 5.92 Å². The van der Waals surface area contributed by atoms with Gasteiger partial charge in [0.25, 0.3) is 0 Å². The Hall–Kier alpha value is -3.09. The number of allylic oxidation sites excluding steroid dienone is 1. The van der Waals surface area contributed by atoms with Crippen LogP contribution < -0.4 is 4.74 Å². The predicted molar refractivity (Wildman–Crippen MR) is 126 cm³/mol. The molecule has 3 aromatic carbocycles. The Labute approximate surface area is 197 Å². The first-order chi connectivity index (χ1) is 16.5. The summed E-state index contributed by atoms with van der Waals surface area (Å²) in [7, 11) is 0. The molecule has 0 atom stereocenters.